The molecule has 0 bridgehead atoms. The van der Waals surface area contributed by atoms with E-state index in [2.05, 4.69) is 37.8 Å². The van der Waals surface area contributed by atoms with E-state index in [-0.39, 0.29) is 24.9 Å². The lowest BCUT2D eigenvalue weighted by atomic mass is 10.1. The molecule has 2 N–H and O–H groups in total. The molecule has 2 aromatic carbocycles. The summed E-state index contributed by atoms with van der Waals surface area (Å²) in [6, 6.07) is 25.5. The molecule has 0 aliphatic carbocycles. The highest BCUT2D eigenvalue weighted by Gasteiger charge is 2.18. The first kappa shape index (κ1) is 43.6. The third-order valence-electron chi connectivity index (χ3n) is 9.82. The summed E-state index contributed by atoms with van der Waals surface area (Å²) in [5, 5.41) is 21.9. The van der Waals surface area contributed by atoms with E-state index in [1.54, 1.807) is 29.6 Å². The van der Waals surface area contributed by atoms with Crippen molar-refractivity contribution in [3.8, 4) is 34.3 Å². The molecule has 62 heavy (non-hydrogen) atoms. The Labute approximate surface area is 367 Å². The number of aromatic nitrogens is 3. The van der Waals surface area contributed by atoms with Crippen LogP contribution in [0.3, 0.4) is 0 Å². The van der Waals surface area contributed by atoms with Crippen molar-refractivity contribution in [2.75, 3.05) is 23.0 Å². The molecule has 330 valence electrons. The van der Waals surface area contributed by atoms with Crippen LogP contribution in [-0.4, -0.2) is 62.2 Å². The maximum atomic E-state index is 10.6. The lowest BCUT2D eigenvalue weighted by Gasteiger charge is -2.30. The third-order valence-corrected chi connectivity index (χ3v) is 9.82. The number of benzene rings is 2. The normalized spacial score (nSPS) is 12.5. The van der Waals surface area contributed by atoms with Gasteiger partial charge in [-0.1, -0.05) is 0 Å². The number of carboxylic acids is 2. The SMILES string of the molecule is [2H]C(c1ccncc1OCCCCCC(=O)O)N(c1ccc(-c2ccco2)cc1)C(C)C.[2H]C(c1cn(C)nc1OCCCCCC(=O)O)N(c1ccc(-c2ccco2)cc1)C(C)C. The van der Waals surface area contributed by atoms with Gasteiger partial charge in [0.2, 0.25) is 5.88 Å². The van der Waals surface area contributed by atoms with E-state index in [0.29, 0.717) is 43.2 Å². The molecule has 2 unspecified atom stereocenters. The summed E-state index contributed by atoms with van der Waals surface area (Å²) in [5.74, 6) is 1.10. The number of hydrogen-bond donors (Lipinski definition) is 2. The van der Waals surface area contributed by atoms with Gasteiger partial charge in [0.25, 0.3) is 0 Å². The molecule has 0 spiro atoms. The zero-order valence-electron chi connectivity index (χ0n) is 38.4. The van der Waals surface area contributed by atoms with Gasteiger partial charge in [0.15, 0.2) is 0 Å². The Hall–Kier alpha value is -6.50. The number of furan rings is 2. The number of pyridine rings is 1. The fourth-order valence-corrected chi connectivity index (χ4v) is 6.59. The van der Waals surface area contributed by atoms with E-state index in [0.717, 1.165) is 65.3 Å². The van der Waals surface area contributed by atoms with Crippen molar-refractivity contribution in [2.45, 2.75) is 104 Å². The zero-order chi connectivity index (χ0) is 46.0. The Morgan fingerprint density at radius 2 is 1.19 bits per heavy atom. The number of aryl methyl sites for hydroxylation is 1. The van der Waals surface area contributed by atoms with Crippen molar-refractivity contribution in [1.82, 2.24) is 14.8 Å². The number of ether oxygens (including phenoxy) is 2. The second-order valence-corrected chi connectivity index (χ2v) is 15.4. The second kappa shape index (κ2) is 24.1. The smallest absolute Gasteiger partial charge is 0.303 e. The minimum atomic E-state index is -0.777. The lowest BCUT2D eigenvalue weighted by molar-refractivity contribution is -0.138. The maximum Gasteiger partial charge on any atom is 0.303 e. The number of nitrogens with zero attached hydrogens (tertiary/aromatic N) is 5. The van der Waals surface area contributed by atoms with Crippen LogP contribution in [0.1, 0.15) is 92.9 Å². The van der Waals surface area contributed by atoms with Crippen molar-refractivity contribution in [3.05, 3.63) is 121 Å². The molecule has 0 saturated carbocycles. The van der Waals surface area contributed by atoms with E-state index in [9.17, 15) is 9.59 Å². The fraction of sp³-hybridized carbons (Fsp3) is 0.388. The molecule has 13 heteroatoms. The van der Waals surface area contributed by atoms with Gasteiger partial charge in [-0.15, -0.1) is 5.10 Å². The summed E-state index contributed by atoms with van der Waals surface area (Å²) in [6.07, 6.45) is 13.1. The van der Waals surface area contributed by atoms with Crippen molar-refractivity contribution in [2.24, 2.45) is 7.05 Å². The van der Waals surface area contributed by atoms with Crippen LogP contribution in [0, 0.1) is 0 Å². The van der Waals surface area contributed by atoms with Crippen LogP contribution < -0.4 is 19.3 Å². The van der Waals surface area contributed by atoms with Gasteiger partial charge in [-0.25, -0.2) is 0 Å². The summed E-state index contributed by atoms with van der Waals surface area (Å²) in [7, 11) is 1.81. The predicted molar refractivity (Wildman–Crippen MR) is 242 cm³/mol. The van der Waals surface area contributed by atoms with Crippen LogP contribution in [0.15, 0.2) is 119 Å². The van der Waals surface area contributed by atoms with Crippen molar-refractivity contribution in [1.29, 1.82) is 0 Å². The summed E-state index contributed by atoms with van der Waals surface area (Å²) >= 11 is 0. The van der Waals surface area contributed by atoms with E-state index in [1.807, 2.05) is 102 Å². The molecule has 0 aliphatic heterocycles. The number of hydrogen-bond acceptors (Lipinski definition) is 10. The van der Waals surface area contributed by atoms with Crippen LogP contribution >= 0.6 is 0 Å². The first-order chi connectivity index (χ1) is 30.8. The van der Waals surface area contributed by atoms with Gasteiger partial charge in [-0.05, 0) is 145 Å². The molecule has 6 rings (SSSR count). The van der Waals surface area contributed by atoms with Gasteiger partial charge in [-0.2, -0.15) is 0 Å². The summed E-state index contributed by atoms with van der Waals surface area (Å²) in [5.41, 5.74) is 5.28. The monoisotopic (exact) mass is 849 g/mol. The van der Waals surface area contributed by atoms with Crippen LogP contribution in [0.25, 0.3) is 22.6 Å². The number of anilines is 2. The predicted octanol–water partition coefficient (Wildman–Crippen LogP) is 10.9. The standard InChI is InChI=1S/C25H30N2O4.C24H31N3O4/c1-19(2)27(22-11-9-20(10-12-22)23-7-6-16-30-23)18-21-13-14-26-17-24(21)31-15-5-3-4-8-25(28)29;1-18(2)27(21-12-10-19(11-13-21)22-8-7-15-30-22)17-20-16-26(3)25-24(20)31-14-6-4-5-9-23(28)29/h6-7,9-14,16-17,19H,3-5,8,15,18H2,1-2H3,(H,28,29);7-8,10-13,15-16,18H,4-6,9,14,17H2,1-3H3,(H,28,29)/i18D;17D. The topological polar surface area (TPSA) is 157 Å². The first-order valence-electron chi connectivity index (χ1n) is 22.3. The van der Waals surface area contributed by atoms with Crippen molar-refractivity contribution in [3.63, 3.8) is 0 Å². The number of aliphatic carboxylic acids is 2. The molecule has 13 nitrogen and oxygen atoms in total. The quantitative estimate of drug-likeness (QED) is 0.0557. The summed E-state index contributed by atoms with van der Waals surface area (Å²) in [4.78, 5) is 29.4. The Kier molecular flexibility index (Phi) is 16.9. The fourth-order valence-electron chi connectivity index (χ4n) is 6.59. The molecule has 0 fully saturated rings. The molecular formula is C49H61N5O8. The van der Waals surface area contributed by atoms with E-state index in [1.165, 1.54) is 0 Å². The lowest BCUT2D eigenvalue weighted by Crippen LogP contribution is -2.30. The summed E-state index contributed by atoms with van der Waals surface area (Å²) < 4.78 is 42.4. The highest BCUT2D eigenvalue weighted by Crippen LogP contribution is 2.30. The van der Waals surface area contributed by atoms with Crippen LogP contribution in [0.5, 0.6) is 11.6 Å². The number of carbonyl (C=O) groups is 2. The van der Waals surface area contributed by atoms with Gasteiger partial charge in [0.05, 0.1) is 46.8 Å². The Bertz CT molecular complexity index is 2280. The molecule has 6 aromatic rings. The molecule has 4 heterocycles. The molecule has 0 amide bonds. The number of rotatable bonds is 24. The minimum Gasteiger partial charge on any atom is -0.492 e. The highest BCUT2D eigenvalue weighted by atomic mass is 16.5. The van der Waals surface area contributed by atoms with Crippen molar-refractivity contribution >= 4 is 23.3 Å². The zero-order valence-corrected chi connectivity index (χ0v) is 36.4. The van der Waals surface area contributed by atoms with E-state index >= 15 is 0 Å². The van der Waals surface area contributed by atoms with Crippen LogP contribution in [0.4, 0.5) is 11.4 Å². The second-order valence-electron chi connectivity index (χ2n) is 15.4. The van der Waals surface area contributed by atoms with Gasteiger partial charge < -0.3 is 38.3 Å². The van der Waals surface area contributed by atoms with Crippen LogP contribution in [0.2, 0.25) is 0 Å². The van der Waals surface area contributed by atoms with Gasteiger partial charge in [0, 0.05) is 79.0 Å². The van der Waals surface area contributed by atoms with Gasteiger partial charge in [-0.3, -0.25) is 19.3 Å². The van der Waals surface area contributed by atoms with E-state index < -0.39 is 25.0 Å². The van der Waals surface area contributed by atoms with Gasteiger partial charge >= 0.3 is 11.9 Å². The largest absolute Gasteiger partial charge is 0.492 e. The molecule has 4 aromatic heterocycles. The maximum absolute atomic E-state index is 10.6. The van der Waals surface area contributed by atoms with Gasteiger partial charge in [0.1, 0.15) is 17.3 Å². The van der Waals surface area contributed by atoms with Crippen LogP contribution in [-0.2, 0) is 29.7 Å². The minimum absolute atomic E-state index is 0.0797. The molecule has 0 aliphatic rings. The third kappa shape index (κ3) is 14.6. The first-order valence-corrected chi connectivity index (χ1v) is 21.2. The Morgan fingerprint density at radius 3 is 1.66 bits per heavy atom. The molecule has 0 radical (unpaired) electrons. The Morgan fingerprint density at radius 1 is 0.694 bits per heavy atom. The van der Waals surface area contributed by atoms with Crippen molar-refractivity contribution < 1.29 is 40.9 Å². The average molecular weight is 850 g/mol. The molecule has 0 saturated heterocycles. The van der Waals surface area contributed by atoms with E-state index in [4.69, 9.17) is 31.3 Å². The average Bonchev–Trinajstić information content (AvgIpc) is 4.08. The summed E-state index contributed by atoms with van der Waals surface area (Å²) in [6.45, 7) is 7.77. The number of carboxylic acid groups (broad SMARTS) is 2. The highest BCUT2D eigenvalue weighted by molar-refractivity contribution is 5.67. The molecular weight excluding hydrogens is 787 g/mol. The Balaban J connectivity index is 0.000000241. The molecule has 2 atom stereocenters. The number of unbranched alkanes of at least 4 members (excludes halogenated alkanes) is 4.